The number of nitrogens with zero attached hydrogens (tertiary/aromatic N) is 1. The summed E-state index contributed by atoms with van der Waals surface area (Å²) < 4.78 is 0. The smallest absolute Gasteiger partial charge is 0.0125 e. The van der Waals surface area contributed by atoms with Crippen LogP contribution in [0.1, 0.15) is 20.8 Å². The van der Waals surface area contributed by atoms with Crippen LogP contribution < -0.4 is 0 Å². The molecule has 1 fully saturated rings. The van der Waals surface area contributed by atoms with Crippen LogP contribution in [0.25, 0.3) is 0 Å². The molecule has 0 aromatic carbocycles. The Balaban J connectivity index is 2.45. The minimum absolute atomic E-state index is 0.366. The van der Waals surface area contributed by atoms with Crippen molar-refractivity contribution in [2.75, 3.05) is 24.6 Å². The van der Waals surface area contributed by atoms with E-state index in [4.69, 9.17) is 0 Å². The van der Waals surface area contributed by atoms with Crippen molar-refractivity contribution in [2.24, 2.45) is 0 Å². The highest BCUT2D eigenvalue weighted by atomic mass is 32.2. The van der Waals surface area contributed by atoms with Gasteiger partial charge in [0.05, 0.1) is 0 Å². The van der Waals surface area contributed by atoms with Crippen LogP contribution in [0.4, 0.5) is 0 Å². The van der Waals surface area contributed by atoms with E-state index in [-0.39, 0.29) is 0 Å². The summed E-state index contributed by atoms with van der Waals surface area (Å²) in [4.78, 5) is 2.56. The molecule has 0 bridgehead atoms. The van der Waals surface area contributed by atoms with Crippen molar-refractivity contribution >= 4 is 16.4 Å². The Bertz CT molecular complexity index is 147. The van der Waals surface area contributed by atoms with Gasteiger partial charge in [-0.3, -0.25) is 4.90 Å². The van der Waals surface area contributed by atoms with E-state index in [2.05, 4.69) is 31.5 Å². The van der Waals surface area contributed by atoms with Gasteiger partial charge in [0.1, 0.15) is 0 Å². The molecule has 0 spiro atoms. The van der Waals surface area contributed by atoms with Crippen molar-refractivity contribution in [2.45, 2.75) is 26.3 Å². The zero-order chi connectivity index (χ0) is 8.48. The second kappa shape index (κ2) is 3.28. The molecule has 0 aromatic heterocycles. The summed E-state index contributed by atoms with van der Waals surface area (Å²) in [5.74, 6) is 6.72. The molecule has 1 heterocycles. The highest BCUT2D eigenvalue weighted by Gasteiger charge is 2.23. The highest BCUT2D eigenvalue weighted by Crippen LogP contribution is 2.21. The normalized spacial score (nSPS) is 23.9. The molecule has 1 aliphatic heterocycles. The number of hydrogen-bond donors (Lipinski definition) is 0. The monoisotopic (exact) mass is 173 g/mol. The van der Waals surface area contributed by atoms with Gasteiger partial charge in [-0.2, -0.15) is 10.5 Å². The van der Waals surface area contributed by atoms with Crippen LogP contribution >= 0.6 is 10.5 Å². The van der Waals surface area contributed by atoms with Crippen LogP contribution in [0.15, 0.2) is 0 Å². The van der Waals surface area contributed by atoms with Crippen LogP contribution in [0.3, 0.4) is 0 Å². The van der Waals surface area contributed by atoms with Crippen molar-refractivity contribution in [1.82, 2.24) is 4.90 Å². The van der Waals surface area contributed by atoms with Crippen LogP contribution in [0.2, 0.25) is 0 Å². The van der Waals surface area contributed by atoms with E-state index in [1.807, 2.05) is 0 Å². The van der Waals surface area contributed by atoms with E-state index >= 15 is 0 Å². The fourth-order valence-corrected chi connectivity index (χ4v) is 2.52. The van der Waals surface area contributed by atoms with E-state index < -0.39 is 0 Å². The van der Waals surface area contributed by atoms with Gasteiger partial charge >= 0.3 is 0 Å². The molecule has 1 aliphatic rings. The van der Waals surface area contributed by atoms with E-state index in [9.17, 15) is 0 Å². The predicted molar refractivity (Wildman–Crippen MR) is 55.8 cm³/mol. The second-order valence-electron chi connectivity index (χ2n) is 4.18. The number of hydrogen-bond acceptors (Lipinski definition) is 1. The zero-order valence-electron chi connectivity index (χ0n) is 7.89. The van der Waals surface area contributed by atoms with Gasteiger partial charge in [-0.25, -0.2) is 0 Å². The van der Waals surface area contributed by atoms with Gasteiger partial charge in [-0.05, 0) is 20.8 Å². The van der Waals surface area contributed by atoms with Crippen molar-refractivity contribution in [1.29, 1.82) is 0 Å². The lowest BCUT2D eigenvalue weighted by molar-refractivity contribution is 0.153. The first kappa shape index (κ1) is 9.27. The first-order valence-electron chi connectivity index (χ1n) is 4.22. The van der Waals surface area contributed by atoms with Crippen molar-refractivity contribution < 1.29 is 0 Å². The van der Waals surface area contributed by atoms with Gasteiger partial charge in [0, 0.05) is 30.1 Å². The molecule has 0 aromatic rings. The minimum atomic E-state index is 0.366. The second-order valence-corrected chi connectivity index (χ2v) is 6.22. The average molecular weight is 173 g/mol. The maximum Gasteiger partial charge on any atom is 0.0125 e. The Morgan fingerprint density at radius 2 is 1.64 bits per heavy atom. The largest absolute Gasteiger partial charge is 0.297 e. The summed E-state index contributed by atoms with van der Waals surface area (Å²) in [5, 5.41) is 0. The molecule has 1 saturated heterocycles. The maximum atomic E-state index is 4.12. The molecule has 0 N–H and O–H groups in total. The lowest BCUT2D eigenvalue weighted by Crippen LogP contribution is -2.46. The van der Waals surface area contributed by atoms with Gasteiger partial charge in [-0.15, -0.1) is 0 Å². The van der Waals surface area contributed by atoms with E-state index in [1.54, 1.807) is 0 Å². The van der Waals surface area contributed by atoms with Crippen LogP contribution in [0.5, 0.6) is 0 Å². The third-order valence-electron chi connectivity index (χ3n) is 2.25. The lowest BCUT2D eigenvalue weighted by Gasteiger charge is -2.39. The number of rotatable bonds is 0. The molecule has 11 heavy (non-hydrogen) atoms. The summed E-state index contributed by atoms with van der Waals surface area (Å²) in [6, 6.07) is 0. The predicted octanol–water partition coefficient (Wildman–Crippen LogP) is 1.80. The van der Waals surface area contributed by atoms with E-state index in [0.29, 0.717) is 16.0 Å². The average Bonchev–Trinajstić information content (AvgIpc) is 1.86. The fourth-order valence-electron chi connectivity index (χ4n) is 1.36. The third kappa shape index (κ3) is 2.60. The topological polar surface area (TPSA) is 3.24 Å². The van der Waals surface area contributed by atoms with Crippen LogP contribution in [-0.4, -0.2) is 40.9 Å². The summed E-state index contributed by atoms with van der Waals surface area (Å²) in [6.07, 6.45) is 0. The van der Waals surface area contributed by atoms with Crippen molar-refractivity contribution in [3.8, 4) is 0 Å². The minimum Gasteiger partial charge on any atom is -0.297 e. The van der Waals surface area contributed by atoms with Crippen molar-refractivity contribution in [3.63, 3.8) is 0 Å². The Hall–Kier alpha value is 0.180. The first-order valence-corrected chi connectivity index (χ1v) is 5.95. The Morgan fingerprint density at radius 3 is 2.00 bits per heavy atom. The molecule has 0 saturated carbocycles. The third-order valence-corrected chi connectivity index (χ3v) is 3.77. The quantitative estimate of drug-likeness (QED) is 0.505. The van der Waals surface area contributed by atoms with Gasteiger partial charge in [0.25, 0.3) is 0 Å². The van der Waals surface area contributed by atoms with Gasteiger partial charge in [0.15, 0.2) is 0 Å². The summed E-state index contributed by atoms with van der Waals surface area (Å²) in [6.45, 7) is 9.37. The zero-order valence-corrected chi connectivity index (χ0v) is 8.71. The van der Waals surface area contributed by atoms with Crippen LogP contribution in [0, 0.1) is 0 Å². The lowest BCUT2D eigenvalue weighted by atomic mass is 10.1. The molecule has 0 amide bonds. The van der Waals surface area contributed by atoms with Gasteiger partial charge in [-0.1, -0.05) is 5.87 Å². The maximum absolute atomic E-state index is 4.12. The Kier molecular flexibility index (Phi) is 2.76. The highest BCUT2D eigenvalue weighted by molar-refractivity contribution is 8.14. The van der Waals surface area contributed by atoms with Gasteiger partial charge in [0.2, 0.25) is 0 Å². The molecule has 0 unspecified atom stereocenters. The molecule has 1 nitrogen and oxygen atoms in total. The van der Waals surface area contributed by atoms with E-state index in [0.717, 1.165) is 0 Å². The molecule has 2 heteroatoms. The molecule has 0 radical (unpaired) electrons. The van der Waals surface area contributed by atoms with Crippen LogP contribution in [-0.2, 0) is 0 Å². The summed E-state index contributed by atoms with van der Waals surface area (Å²) in [7, 11) is 0.463. The summed E-state index contributed by atoms with van der Waals surface area (Å²) in [5.41, 5.74) is 0.366. The van der Waals surface area contributed by atoms with Crippen molar-refractivity contribution in [3.05, 3.63) is 0 Å². The molecule has 0 aliphatic carbocycles. The molecule has 66 valence electrons. The Labute approximate surface area is 72.7 Å². The molecular weight excluding hydrogens is 154 g/mol. The van der Waals surface area contributed by atoms with Gasteiger partial charge < -0.3 is 0 Å². The summed E-state index contributed by atoms with van der Waals surface area (Å²) >= 11 is 0. The molecular formula is C9H19NS. The fraction of sp³-hybridized carbons (Fsp3) is 0.889. The Morgan fingerprint density at radius 1 is 1.18 bits per heavy atom. The first-order chi connectivity index (χ1) is 5.00. The molecule has 1 rings (SSSR count). The standard InChI is InChI=1S/C9H19NS/c1-9(2,3)10-5-7-11(4)8-6-10/h4-8H2,1-3H3. The molecule has 0 atom stereocenters. The SMILES string of the molecule is C=S1CCN(C(C)(C)C)CC1. The van der Waals surface area contributed by atoms with E-state index in [1.165, 1.54) is 24.6 Å².